The predicted molar refractivity (Wildman–Crippen MR) is 64.5 cm³/mol. The summed E-state index contributed by atoms with van der Waals surface area (Å²) < 4.78 is 5.74. The monoisotopic (exact) mass is 210 g/mol. The Balaban J connectivity index is 2.75. The molecule has 0 amide bonds. The van der Waals surface area contributed by atoms with Crippen LogP contribution >= 0.6 is 11.8 Å². The summed E-state index contributed by atoms with van der Waals surface area (Å²) in [6.45, 7) is 7.13. The first-order valence-corrected chi connectivity index (χ1v) is 6.24. The third-order valence-corrected chi connectivity index (χ3v) is 2.71. The maximum atomic E-state index is 5.74. The molecule has 1 aromatic carbocycles. The van der Waals surface area contributed by atoms with Gasteiger partial charge in [-0.2, -0.15) is 11.8 Å². The van der Waals surface area contributed by atoms with Gasteiger partial charge in [0.05, 0.1) is 6.61 Å². The van der Waals surface area contributed by atoms with Crippen molar-refractivity contribution >= 4 is 11.8 Å². The minimum absolute atomic E-state index is 0.798. The minimum atomic E-state index is 0.798. The smallest absolute Gasteiger partial charge is 0.125 e. The van der Waals surface area contributed by atoms with E-state index < -0.39 is 0 Å². The van der Waals surface area contributed by atoms with Crippen molar-refractivity contribution in [1.29, 1.82) is 0 Å². The van der Waals surface area contributed by atoms with Crippen LogP contribution in [0.25, 0.3) is 0 Å². The Hall–Kier alpha value is -0.630. The molecule has 0 aliphatic carbocycles. The number of ether oxygens (including phenoxy) is 1. The normalized spacial score (nSPS) is 10.3. The summed E-state index contributed by atoms with van der Waals surface area (Å²) in [5.74, 6) is 2.11. The molecule has 1 nitrogen and oxygen atoms in total. The average Bonchev–Trinajstić information content (AvgIpc) is 2.09. The van der Waals surface area contributed by atoms with Crippen LogP contribution in [0.5, 0.6) is 5.75 Å². The zero-order chi connectivity index (χ0) is 10.6. The van der Waals surface area contributed by atoms with E-state index in [0.717, 1.165) is 18.1 Å². The molecule has 0 fully saturated rings. The lowest BCUT2D eigenvalue weighted by Gasteiger charge is -2.12. The summed E-state index contributed by atoms with van der Waals surface area (Å²) in [5, 5.41) is 0. The minimum Gasteiger partial charge on any atom is -0.492 e. The maximum Gasteiger partial charge on any atom is 0.125 e. The van der Waals surface area contributed by atoms with Crippen molar-refractivity contribution in [3.05, 3.63) is 28.8 Å². The molecule has 1 rings (SSSR count). The van der Waals surface area contributed by atoms with Crippen molar-refractivity contribution in [2.24, 2.45) is 0 Å². The Morgan fingerprint density at radius 3 is 2.21 bits per heavy atom. The molecule has 0 radical (unpaired) electrons. The van der Waals surface area contributed by atoms with Crippen LogP contribution in [-0.4, -0.2) is 18.6 Å². The van der Waals surface area contributed by atoms with E-state index in [4.69, 9.17) is 4.74 Å². The molecule has 0 saturated heterocycles. The highest BCUT2D eigenvalue weighted by Gasteiger charge is 2.04. The lowest BCUT2D eigenvalue weighted by atomic mass is 10.1. The van der Waals surface area contributed by atoms with E-state index in [9.17, 15) is 0 Å². The van der Waals surface area contributed by atoms with Gasteiger partial charge in [-0.15, -0.1) is 0 Å². The summed E-state index contributed by atoms with van der Waals surface area (Å²) in [4.78, 5) is 0. The number of benzene rings is 1. The highest BCUT2D eigenvalue weighted by molar-refractivity contribution is 7.98. The Kier molecular flexibility index (Phi) is 4.33. The molecule has 0 bridgehead atoms. The van der Waals surface area contributed by atoms with Gasteiger partial charge in [0.1, 0.15) is 5.75 Å². The predicted octanol–water partition coefficient (Wildman–Crippen LogP) is 3.35. The molecular formula is C12H18OS. The van der Waals surface area contributed by atoms with Crippen molar-refractivity contribution in [2.75, 3.05) is 18.6 Å². The fourth-order valence-corrected chi connectivity index (χ4v) is 1.87. The van der Waals surface area contributed by atoms with Crippen LogP contribution in [0.1, 0.15) is 16.7 Å². The van der Waals surface area contributed by atoms with E-state index in [1.54, 1.807) is 0 Å². The van der Waals surface area contributed by atoms with Crippen LogP contribution in [0.4, 0.5) is 0 Å². The topological polar surface area (TPSA) is 9.23 Å². The van der Waals surface area contributed by atoms with Gasteiger partial charge in [-0.05, 0) is 38.2 Å². The van der Waals surface area contributed by atoms with E-state index in [1.165, 1.54) is 16.7 Å². The second kappa shape index (κ2) is 5.30. The van der Waals surface area contributed by atoms with E-state index in [-0.39, 0.29) is 0 Å². The van der Waals surface area contributed by atoms with Gasteiger partial charge < -0.3 is 4.74 Å². The number of thioether (sulfide) groups is 1. The largest absolute Gasteiger partial charge is 0.492 e. The van der Waals surface area contributed by atoms with Crippen LogP contribution in [0, 0.1) is 20.8 Å². The first-order chi connectivity index (χ1) is 6.65. The molecule has 0 atom stereocenters. The molecular weight excluding hydrogens is 192 g/mol. The first kappa shape index (κ1) is 11.4. The molecule has 14 heavy (non-hydrogen) atoms. The average molecular weight is 210 g/mol. The quantitative estimate of drug-likeness (QED) is 0.705. The number of rotatable bonds is 4. The number of aryl methyl sites for hydroxylation is 3. The SMILES string of the molecule is CSCCOc1c(C)cc(C)cc1C. The van der Waals surface area contributed by atoms with Crippen LogP contribution in [0.2, 0.25) is 0 Å². The number of hydrogen-bond donors (Lipinski definition) is 0. The summed E-state index contributed by atoms with van der Waals surface area (Å²) in [5.41, 5.74) is 3.78. The molecule has 0 spiro atoms. The first-order valence-electron chi connectivity index (χ1n) is 4.84. The molecule has 78 valence electrons. The standard InChI is InChI=1S/C12H18OS/c1-9-7-10(2)12(11(3)8-9)13-5-6-14-4/h7-8H,5-6H2,1-4H3. The molecule has 0 unspecified atom stereocenters. The van der Waals surface area contributed by atoms with E-state index >= 15 is 0 Å². The molecule has 0 aliphatic heterocycles. The van der Waals surface area contributed by atoms with Crippen LogP contribution in [-0.2, 0) is 0 Å². The van der Waals surface area contributed by atoms with Gasteiger partial charge in [0.2, 0.25) is 0 Å². The van der Waals surface area contributed by atoms with Gasteiger partial charge in [-0.3, -0.25) is 0 Å². The lowest BCUT2D eigenvalue weighted by Crippen LogP contribution is -2.02. The molecule has 0 heterocycles. The van der Waals surface area contributed by atoms with Crippen LogP contribution in [0.15, 0.2) is 12.1 Å². The Morgan fingerprint density at radius 2 is 1.71 bits per heavy atom. The Morgan fingerprint density at radius 1 is 1.14 bits per heavy atom. The van der Waals surface area contributed by atoms with Crippen molar-refractivity contribution in [1.82, 2.24) is 0 Å². The fourth-order valence-electron chi connectivity index (χ4n) is 1.62. The Labute approximate surface area is 90.9 Å². The second-order valence-electron chi connectivity index (χ2n) is 3.57. The zero-order valence-electron chi connectivity index (χ0n) is 9.39. The third kappa shape index (κ3) is 2.95. The van der Waals surface area contributed by atoms with Crippen molar-refractivity contribution < 1.29 is 4.74 Å². The summed E-state index contributed by atoms with van der Waals surface area (Å²) >= 11 is 1.81. The van der Waals surface area contributed by atoms with Gasteiger partial charge in [0.25, 0.3) is 0 Å². The Bertz CT molecular complexity index is 284. The van der Waals surface area contributed by atoms with Gasteiger partial charge in [-0.1, -0.05) is 17.7 Å². The highest BCUT2D eigenvalue weighted by Crippen LogP contribution is 2.24. The van der Waals surface area contributed by atoms with Crippen LogP contribution in [0.3, 0.4) is 0 Å². The maximum absolute atomic E-state index is 5.74. The van der Waals surface area contributed by atoms with Crippen molar-refractivity contribution in [3.8, 4) is 5.75 Å². The molecule has 0 aromatic heterocycles. The number of hydrogen-bond acceptors (Lipinski definition) is 2. The second-order valence-corrected chi connectivity index (χ2v) is 4.55. The molecule has 0 aliphatic rings. The fraction of sp³-hybridized carbons (Fsp3) is 0.500. The third-order valence-electron chi connectivity index (χ3n) is 2.14. The van der Waals surface area contributed by atoms with Gasteiger partial charge >= 0.3 is 0 Å². The van der Waals surface area contributed by atoms with E-state index in [2.05, 4.69) is 39.2 Å². The molecule has 0 saturated carbocycles. The molecule has 2 heteroatoms. The van der Waals surface area contributed by atoms with E-state index in [1.807, 2.05) is 11.8 Å². The van der Waals surface area contributed by atoms with Crippen molar-refractivity contribution in [3.63, 3.8) is 0 Å². The van der Waals surface area contributed by atoms with Crippen molar-refractivity contribution in [2.45, 2.75) is 20.8 Å². The summed E-state index contributed by atoms with van der Waals surface area (Å²) in [7, 11) is 0. The van der Waals surface area contributed by atoms with Gasteiger partial charge in [-0.25, -0.2) is 0 Å². The van der Waals surface area contributed by atoms with Crippen LogP contribution < -0.4 is 4.74 Å². The molecule has 0 N–H and O–H groups in total. The van der Waals surface area contributed by atoms with E-state index in [0.29, 0.717) is 0 Å². The highest BCUT2D eigenvalue weighted by atomic mass is 32.2. The summed E-state index contributed by atoms with van der Waals surface area (Å²) in [6, 6.07) is 4.34. The zero-order valence-corrected chi connectivity index (χ0v) is 10.2. The van der Waals surface area contributed by atoms with Gasteiger partial charge in [0, 0.05) is 5.75 Å². The van der Waals surface area contributed by atoms with Gasteiger partial charge in [0.15, 0.2) is 0 Å². The lowest BCUT2D eigenvalue weighted by molar-refractivity contribution is 0.339. The molecule has 1 aromatic rings. The summed E-state index contributed by atoms with van der Waals surface area (Å²) in [6.07, 6.45) is 2.10.